The first-order valence-electron chi connectivity index (χ1n) is 11.3. The first-order valence-corrected chi connectivity index (χ1v) is 11.3. The first kappa shape index (κ1) is 23.1. The molecule has 0 bridgehead atoms. The lowest BCUT2D eigenvalue weighted by Gasteiger charge is -2.32. The van der Waals surface area contributed by atoms with Crippen LogP contribution in [-0.4, -0.2) is 59.1 Å². The number of hydrogen-bond acceptors (Lipinski definition) is 4. The van der Waals surface area contributed by atoms with Crippen molar-refractivity contribution in [2.45, 2.75) is 31.8 Å². The van der Waals surface area contributed by atoms with Gasteiger partial charge in [-0.1, -0.05) is 42.5 Å². The van der Waals surface area contributed by atoms with Crippen molar-refractivity contribution in [3.63, 3.8) is 0 Å². The second-order valence-electron chi connectivity index (χ2n) is 8.79. The van der Waals surface area contributed by atoms with E-state index < -0.39 is 0 Å². The predicted molar refractivity (Wildman–Crippen MR) is 127 cm³/mol. The van der Waals surface area contributed by atoms with Crippen LogP contribution >= 0.6 is 0 Å². The molecule has 0 spiro atoms. The van der Waals surface area contributed by atoms with Gasteiger partial charge in [0.1, 0.15) is 11.5 Å². The average Bonchev–Trinajstić information content (AvgIpc) is 2.83. The number of halogens is 1. The molecule has 1 unspecified atom stereocenters. The Morgan fingerprint density at radius 3 is 2.67 bits per heavy atom. The maximum absolute atomic E-state index is 14.0. The van der Waals surface area contributed by atoms with Crippen molar-refractivity contribution < 1.29 is 14.3 Å². The zero-order valence-electron chi connectivity index (χ0n) is 19.2. The molecule has 1 heterocycles. The van der Waals surface area contributed by atoms with Gasteiger partial charge in [0.15, 0.2) is 0 Å². The zero-order chi connectivity index (χ0) is 23.4. The van der Waals surface area contributed by atoms with Gasteiger partial charge in [-0.05, 0) is 55.1 Å². The Labute approximate surface area is 194 Å². The Morgan fingerprint density at radius 1 is 1.12 bits per heavy atom. The molecule has 1 aliphatic rings. The van der Waals surface area contributed by atoms with Gasteiger partial charge in [0, 0.05) is 43.5 Å². The van der Waals surface area contributed by atoms with Crippen LogP contribution in [-0.2, 0) is 19.4 Å². The van der Waals surface area contributed by atoms with Crippen molar-refractivity contribution in [3.05, 3.63) is 89.0 Å². The summed E-state index contributed by atoms with van der Waals surface area (Å²) in [6.07, 6.45) is 4.20. The second-order valence-corrected chi connectivity index (χ2v) is 8.79. The van der Waals surface area contributed by atoms with E-state index in [1.54, 1.807) is 41.4 Å². The summed E-state index contributed by atoms with van der Waals surface area (Å²) >= 11 is 0. The molecule has 4 rings (SSSR count). The fraction of sp³-hybridized carbons (Fsp3) is 0.333. The van der Waals surface area contributed by atoms with Crippen LogP contribution < -0.4 is 0 Å². The fourth-order valence-electron chi connectivity index (χ4n) is 4.50. The molecule has 1 amide bonds. The Kier molecular flexibility index (Phi) is 7.16. The molecule has 1 aliphatic carbocycles. The summed E-state index contributed by atoms with van der Waals surface area (Å²) in [6.45, 7) is 1.62. The summed E-state index contributed by atoms with van der Waals surface area (Å²) < 4.78 is 14.0. The predicted octanol–water partition coefficient (Wildman–Crippen LogP) is 3.94. The SMILES string of the molecule is CN(CCO)Cc1ccc2c(c1)CCC(N(C)C(=O)c1ccc(-c3ccccc3F)cn1)C2. The minimum atomic E-state index is -0.306. The van der Waals surface area contributed by atoms with E-state index in [9.17, 15) is 9.18 Å². The molecule has 0 radical (unpaired) electrons. The van der Waals surface area contributed by atoms with Crippen LogP contribution in [0.25, 0.3) is 11.1 Å². The summed E-state index contributed by atoms with van der Waals surface area (Å²) in [5.74, 6) is -0.426. The quantitative estimate of drug-likeness (QED) is 0.596. The minimum absolute atomic E-state index is 0.112. The number of carbonyl (C=O) groups is 1. The van der Waals surface area contributed by atoms with E-state index in [0.29, 0.717) is 23.4 Å². The zero-order valence-corrected chi connectivity index (χ0v) is 19.2. The summed E-state index contributed by atoms with van der Waals surface area (Å²) in [6, 6.07) is 16.6. The number of amides is 1. The van der Waals surface area contributed by atoms with E-state index in [4.69, 9.17) is 5.11 Å². The standard InChI is InChI=1S/C27H30FN3O2/c1-30(13-14-32)18-19-7-8-21-16-23(11-9-20(21)15-19)31(2)27(33)26-12-10-22(17-29-26)24-5-3-4-6-25(24)28/h3-8,10,12,15,17,23,32H,9,11,13-14,16,18H2,1-2H3. The number of aliphatic hydroxyl groups excluding tert-OH is 1. The molecule has 1 N–H and O–H groups in total. The molecular weight excluding hydrogens is 417 g/mol. The van der Waals surface area contributed by atoms with E-state index >= 15 is 0 Å². The van der Waals surface area contributed by atoms with E-state index in [2.05, 4.69) is 28.1 Å². The highest BCUT2D eigenvalue weighted by Crippen LogP contribution is 2.27. The topological polar surface area (TPSA) is 56.7 Å². The van der Waals surface area contributed by atoms with Crippen molar-refractivity contribution in [2.24, 2.45) is 0 Å². The molecule has 5 nitrogen and oxygen atoms in total. The second kappa shape index (κ2) is 10.2. The third-order valence-corrected chi connectivity index (χ3v) is 6.44. The molecule has 0 fully saturated rings. The van der Waals surface area contributed by atoms with Crippen molar-refractivity contribution in [1.82, 2.24) is 14.8 Å². The van der Waals surface area contributed by atoms with Crippen LogP contribution in [0.5, 0.6) is 0 Å². The summed E-state index contributed by atoms with van der Waals surface area (Å²) in [7, 11) is 3.84. The van der Waals surface area contributed by atoms with Gasteiger partial charge in [-0.25, -0.2) is 4.39 Å². The van der Waals surface area contributed by atoms with Crippen LogP contribution in [0.4, 0.5) is 4.39 Å². The van der Waals surface area contributed by atoms with Crippen LogP contribution in [0.1, 0.15) is 33.6 Å². The molecule has 0 aliphatic heterocycles. The first-order chi connectivity index (χ1) is 16.0. The summed E-state index contributed by atoms with van der Waals surface area (Å²) in [4.78, 5) is 21.3. The molecule has 172 valence electrons. The van der Waals surface area contributed by atoms with E-state index in [0.717, 1.165) is 25.8 Å². The minimum Gasteiger partial charge on any atom is -0.395 e. The Bertz CT molecular complexity index is 1120. The largest absolute Gasteiger partial charge is 0.395 e. The average molecular weight is 448 g/mol. The number of benzene rings is 2. The fourth-order valence-corrected chi connectivity index (χ4v) is 4.50. The van der Waals surface area contributed by atoms with E-state index in [-0.39, 0.29) is 24.4 Å². The van der Waals surface area contributed by atoms with Crippen molar-refractivity contribution >= 4 is 5.91 Å². The number of hydrogen-bond donors (Lipinski definition) is 1. The smallest absolute Gasteiger partial charge is 0.272 e. The van der Waals surface area contributed by atoms with Gasteiger partial charge in [-0.3, -0.25) is 14.7 Å². The normalized spacial score (nSPS) is 15.4. The van der Waals surface area contributed by atoms with Gasteiger partial charge in [-0.15, -0.1) is 0 Å². The Hall–Kier alpha value is -3.09. The van der Waals surface area contributed by atoms with Gasteiger partial charge in [0.25, 0.3) is 5.91 Å². The lowest BCUT2D eigenvalue weighted by molar-refractivity contribution is 0.0713. The number of aryl methyl sites for hydroxylation is 1. The summed E-state index contributed by atoms with van der Waals surface area (Å²) in [5, 5.41) is 9.10. The van der Waals surface area contributed by atoms with Gasteiger partial charge >= 0.3 is 0 Å². The molecule has 0 saturated heterocycles. The lowest BCUT2D eigenvalue weighted by atomic mass is 9.86. The van der Waals surface area contributed by atoms with Crippen molar-refractivity contribution in [2.75, 3.05) is 27.2 Å². The molecular formula is C27H30FN3O2. The maximum atomic E-state index is 14.0. The van der Waals surface area contributed by atoms with Crippen molar-refractivity contribution in [1.29, 1.82) is 0 Å². The monoisotopic (exact) mass is 447 g/mol. The highest BCUT2D eigenvalue weighted by atomic mass is 19.1. The number of pyridine rings is 1. The van der Waals surface area contributed by atoms with Crippen molar-refractivity contribution in [3.8, 4) is 11.1 Å². The molecule has 1 atom stereocenters. The molecule has 6 heteroatoms. The number of aromatic nitrogens is 1. The van der Waals surface area contributed by atoms with E-state index in [1.165, 1.54) is 22.8 Å². The van der Waals surface area contributed by atoms with E-state index in [1.807, 2.05) is 14.1 Å². The molecule has 0 saturated carbocycles. The number of carbonyl (C=O) groups excluding carboxylic acids is 1. The summed E-state index contributed by atoms with van der Waals surface area (Å²) in [5.41, 5.74) is 5.36. The Morgan fingerprint density at radius 2 is 1.94 bits per heavy atom. The van der Waals surface area contributed by atoms with Crippen LogP contribution in [0.15, 0.2) is 60.8 Å². The molecule has 1 aromatic heterocycles. The van der Waals surface area contributed by atoms with Gasteiger partial charge in [0.2, 0.25) is 0 Å². The van der Waals surface area contributed by atoms with Crippen LogP contribution in [0.3, 0.4) is 0 Å². The number of aliphatic hydroxyl groups is 1. The van der Waals surface area contributed by atoms with Gasteiger partial charge < -0.3 is 10.0 Å². The third kappa shape index (κ3) is 5.29. The Balaban J connectivity index is 1.42. The third-order valence-electron chi connectivity index (χ3n) is 6.44. The van der Waals surface area contributed by atoms with Crippen LogP contribution in [0, 0.1) is 5.82 Å². The van der Waals surface area contributed by atoms with Crippen LogP contribution in [0.2, 0.25) is 0 Å². The van der Waals surface area contributed by atoms with Gasteiger partial charge in [0.05, 0.1) is 6.61 Å². The molecule has 2 aromatic carbocycles. The molecule has 3 aromatic rings. The van der Waals surface area contributed by atoms with Gasteiger partial charge in [-0.2, -0.15) is 0 Å². The molecule has 33 heavy (non-hydrogen) atoms. The highest BCUT2D eigenvalue weighted by molar-refractivity contribution is 5.92. The number of fused-ring (bicyclic) bond motifs is 1. The number of rotatable bonds is 7. The lowest BCUT2D eigenvalue weighted by Crippen LogP contribution is -2.41. The number of nitrogens with zero attached hydrogens (tertiary/aromatic N) is 3. The highest BCUT2D eigenvalue weighted by Gasteiger charge is 2.26. The number of likely N-dealkylation sites (N-methyl/N-ethyl adjacent to an activating group) is 2. The maximum Gasteiger partial charge on any atom is 0.272 e.